The molecule has 1 aromatic rings. The lowest BCUT2D eigenvalue weighted by atomic mass is 9.78. The van der Waals surface area contributed by atoms with Gasteiger partial charge >= 0.3 is 0 Å². The van der Waals surface area contributed by atoms with Gasteiger partial charge in [0.2, 0.25) is 0 Å². The summed E-state index contributed by atoms with van der Waals surface area (Å²) in [5, 5.41) is 14.5. The van der Waals surface area contributed by atoms with E-state index in [2.05, 4.69) is 38.1 Å². The molecule has 0 radical (unpaired) electrons. The molecule has 1 atom stereocenters. The first-order chi connectivity index (χ1) is 11.4. The largest absolute Gasteiger partial charge is 0.511 e. The van der Waals surface area contributed by atoms with Gasteiger partial charge in [-0.2, -0.15) is 0 Å². The molecule has 130 valence electrons. The van der Waals surface area contributed by atoms with E-state index in [1.54, 1.807) is 0 Å². The van der Waals surface area contributed by atoms with Crippen molar-refractivity contribution < 1.29 is 14.7 Å². The Labute approximate surface area is 144 Å². The molecule has 1 aliphatic rings. The van der Waals surface area contributed by atoms with Gasteiger partial charge in [-0.25, -0.2) is 0 Å². The molecule has 0 saturated heterocycles. The van der Waals surface area contributed by atoms with Gasteiger partial charge in [0.1, 0.15) is 12.4 Å². The van der Waals surface area contributed by atoms with Crippen molar-refractivity contribution in [1.29, 1.82) is 0 Å². The van der Waals surface area contributed by atoms with Gasteiger partial charge in [-0.1, -0.05) is 29.8 Å². The zero-order valence-electron chi connectivity index (χ0n) is 15.3. The summed E-state index contributed by atoms with van der Waals surface area (Å²) in [4.78, 5) is 17.8. The highest BCUT2D eigenvalue weighted by Crippen LogP contribution is 2.37. The molecular formula is C20H27NO3. The number of carbonyl (C=O) groups excluding carboxylic acids is 1. The van der Waals surface area contributed by atoms with Gasteiger partial charge < -0.3 is 9.94 Å². The van der Waals surface area contributed by atoms with Crippen molar-refractivity contribution >= 4 is 11.5 Å². The maximum absolute atomic E-state index is 12.7. The maximum Gasteiger partial charge on any atom is 0.168 e. The van der Waals surface area contributed by atoms with Crippen molar-refractivity contribution in [2.45, 2.75) is 59.8 Å². The number of allylic oxidation sites excluding steroid dienone is 2. The van der Waals surface area contributed by atoms with Crippen LogP contribution in [-0.2, 0) is 9.63 Å². The van der Waals surface area contributed by atoms with Crippen LogP contribution in [0.4, 0.5) is 0 Å². The highest BCUT2D eigenvalue weighted by Gasteiger charge is 2.32. The minimum atomic E-state index is -0.0524. The molecule has 1 N–H and O–H groups in total. The van der Waals surface area contributed by atoms with E-state index >= 15 is 0 Å². The average Bonchev–Trinajstić information content (AvgIpc) is 2.48. The van der Waals surface area contributed by atoms with Crippen LogP contribution in [0.5, 0.6) is 0 Å². The second-order valence-electron chi connectivity index (χ2n) is 6.47. The molecule has 4 nitrogen and oxygen atoms in total. The number of Topliss-reactive ketones (excluding diaryl/α,β-unsaturated/α-hetero) is 1. The van der Waals surface area contributed by atoms with Crippen LogP contribution in [0.1, 0.15) is 61.3 Å². The van der Waals surface area contributed by atoms with E-state index in [1.807, 2.05) is 13.8 Å². The number of oxime groups is 1. The molecule has 0 saturated carbocycles. The van der Waals surface area contributed by atoms with Crippen LogP contribution in [0.2, 0.25) is 0 Å². The monoisotopic (exact) mass is 329 g/mol. The highest BCUT2D eigenvalue weighted by molar-refractivity contribution is 6.23. The van der Waals surface area contributed by atoms with Gasteiger partial charge in [0, 0.05) is 12.8 Å². The number of hydrogen-bond donors (Lipinski definition) is 1. The zero-order chi connectivity index (χ0) is 17.9. The van der Waals surface area contributed by atoms with Gasteiger partial charge in [0.05, 0.1) is 11.3 Å². The van der Waals surface area contributed by atoms with Crippen LogP contribution < -0.4 is 0 Å². The lowest BCUT2D eigenvalue weighted by molar-refractivity contribution is -0.116. The first-order valence-electron chi connectivity index (χ1n) is 8.61. The number of aliphatic hydroxyl groups excluding tert-OH is 1. The minimum absolute atomic E-state index is 0.0204. The molecule has 1 aromatic carbocycles. The third-order valence-electron chi connectivity index (χ3n) is 4.51. The van der Waals surface area contributed by atoms with E-state index in [9.17, 15) is 9.90 Å². The maximum atomic E-state index is 12.7. The van der Waals surface area contributed by atoms with E-state index in [0.717, 1.165) is 0 Å². The van der Waals surface area contributed by atoms with Crippen LogP contribution in [0.15, 0.2) is 28.6 Å². The first-order valence-corrected chi connectivity index (χ1v) is 8.61. The lowest BCUT2D eigenvalue weighted by Crippen LogP contribution is -2.24. The van der Waals surface area contributed by atoms with Gasteiger partial charge in [-0.05, 0) is 56.7 Å². The number of carbonyl (C=O) groups is 1. The fourth-order valence-corrected chi connectivity index (χ4v) is 3.69. The Kier molecular flexibility index (Phi) is 5.81. The summed E-state index contributed by atoms with van der Waals surface area (Å²) in [7, 11) is 0. The summed E-state index contributed by atoms with van der Waals surface area (Å²) in [5.74, 6) is 0.103. The van der Waals surface area contributed by atoms with Crippen LogP contribution in [0, 0.1) is 20.8 Å². The molecule has 0 bridgehead atoms. The molecule has 0 aliphatic heterocycles. The Hall–Kier alpha value is -2.10. The Morgan fingerprint density at radius 3 is 2.33 bits per heavy atom. The van der Waals surface area contributed by atoms with E-state index in [0.29, 0.717) is 37.2 Å². The number of ketones is 1. The number of rotatable bonds is 5. The number of aryl methyl sites for hydroxylation is 3. The second-order valence-corrected chi connectivity index (χ2v) is 6.47. The summed E-state index contributed by atoms with van der Waals surface area (Å²) >= 11 is 0. The predicted molar refractivity (Wildman–Crippen MR) is 96.6 cm³/mol. The molecule has 0 aromatic heterocycles. The topological polar surface area (TPSA) is 58.9 Å². The van der Waals surface area contributed by atoms with Gasteiger partial charge in [0.15, 0.2) is 5.78 Å². The smallest absolute Gasteiger partial charge is 0.168 e. The fraction of sp³-hybridized carbons (Fsp3) is 0.500. The quantitative estimate of drug-likeness (QED) is 0.630. The van der Waals surface area contributed by atoms with Crippen LogP contribution in [0.3, 0.4) is 0 Å². The molecule has 0 amide bonds. The molecule has 1 aliphatic carbocycles. The Bertz CT molecular complexity index is 678. The summed E-state index contributed by atoms with van der Waals surface area (Å²) in [6.07, 6.45) is 1.42. The summed E-state index contributed by atoms with van der Waals surface area (Å²) < 4.78 is 0. The SMILES string of the molecule is CCON=C(CC)C1=C(O)C[C@@H](c2c(C)cc(C)cc2C)CC1=O. The molecule has 4 heteroatoms. The van der Waals surface area contributed by atoms with E-state index in [4.69, 9.17) is 4.84 Å². The Morgan fingerprint density at radius 1 is 1.21 bits per heavy atom. The third kappa shape index (κ3) is 3.69. The standard InChI is InChI=1S/C20H27NO3/c1-6-16(21-24-7-2)20-17(22)10-15(11-18(20)23)19-13(4)8-12(3)9-14(19)5/h8-9,15,22H,6-7,10-11H2,1-5H3/t15-/m1/s1. The summed E-state index contributed by atoms with van der Waals surface area (Å²) in [6, 6.07) is 4.27. The number of benzene rings is 1. The summed E-state index contributed by atoms with van der Waals surface area (Å²) in [5.41, 5.74) is 5.65. The van der Waals surface area contributed by atoms with Crippen molar-refractivity contribution in [3.63, 3.8) is 0 Å². The van der Waals surface area contributed by atoms with Crippen molar-refractivity contribution in [3.05, 3.63) is 45.7 Å². The van der Waals surface area contributed by atoms with E-state index < -0.39 is 0 Å². The predicted octanol–water partition coefficient (Wildman–Crippen LogP) is 4.67. The average molecular weight is 329 g/mol. The van der Waals surface area contributed by atoms with Crippen molar-refractivity contribution in [2.75, 3.05) is 6.61 Å². The van der Waals surface area contributed by atoms with E-state index in [-0.39, 0.29) is 17.5 Å². The van der Waals surface area contributed by atoms with Crippen molar-refractivity contribution in [2.24, 2.45) is 5.16 Å². The fourth-order valence-electron chi connectivity index (χ4n) is 3.69. The molecule has 0 fully saturated rings. The van der Waals surface area contributed by atoms with Crippen molar-refractivity contribution in [3.8, 4) is 0 Å². The molecular weight excluding hydrogens is 302 g/mol. The summed E-state index contributed by atoms with van der Waals surface area (Å²) in [6.45, 7) is 10.4. The number of nitrogens with zero attached hydrogens (tertiary/aromatic N) is 1. The van der Waals surface area contributed by atoms with E-state index in [1.165, 1.54) is 22.3 Å². The van der Waals surface area contributed by atoms with Gasteiger partial charge in [-0.3, -0.25) is 4.79 Å². The van der Waals surface area contributed by atoms with Crippen LogP contribution in [-0.4, -0.2) is 23.2 Å². The lowest BCUT2D eigenvalue weighted by Gasteiger charge is -2.27. The highest BCUT2D eigenvalue weighted by atomic mass is 16.6. The van der Waals surface area contributed by atoms with Gasteiger partial charge in [-0.15, -0.1) is 0 Å². The molecule has 0 heterocycles. The molecule has 0 spiro atoms. The van der Waals surface area contributed by atoms with Gasteiger partial charge in [0.25, 0.3) is 0 Å². The Balaban J connectivity index is 2.38. The zero-order valence-corrected chi connectivity index (χ0v) is 15.3. The van der Waals surface area contributed by atoms with Crippen LogP contribution in [0.25, 0.3) is 0 Å². The van der Waals surface area contributed by atoms with Crippen molar-refractivity contribution in [1.82, 2.24) is 0 Å². The minimum Gasteiger partial charge on any atom is -0.511 e. The normalized spacial score (nSPS) is 19.0. The molecule has 2 rings (SSSR count). The molecule has 0 unspecified atom stereocenters. The second kappa shape index (κ2) is 7.65. The number of hydrogen-bond acceptors (Lipinski definition) is 4. The third-order valence-corrected chi connectivity index (χ3v) is 4.51. The van der Waals surface area contributed by atoms with Crippen LogP contribution >= 0.6 is 0 Å². The molecule has 24 heavy (non-hydrogen) atoms. The Morgan fingerprint density at radius 2 is 1.83 bits per heavy atom. The first kappa shape index (κ1) is 18.2. The number of aliphatic hydroxyl groups is 1.